The largest absolute Gasteiger partial charge is 0.507 e. The van der Waals surface area contributed by atoms with E-state index in [0.29, 0.717) is 30.9 Å². The van der Waals surface area contributed by atoms with Crippen LogP contribution in [0.3, 0.4) is 0 Å². The van der Waals surface area contributed by atoms with Gasteiger partial charge in [0.2, 0.25) is 0 Å². The lowest BCUT2D eigenvalue weighted by Gasteiger charge is -2.13. The second-order valence-electron chi connectivity index (χ2n) is 8.98. The van der Waals surface area contributed by atoms with Crippen molar-refractivity contribution in [3.05, 3.63) is 62.0 Å². The van der Waals surface area contributed by atoms with Crippen molar-refractivity contribution in [2.75, 3.05) is 7.11 Å². The Bertz CT molecular complexity index is 1050. The first-order chi connectivity index (χ1) is 16.1. The molecule has 0 radical (unpaired) electrons. The minimum atomic E-state index is -0.814. The zero-order valence-electron chi connectivity index (χ0n) is 20.6. The third kappa shape index (κ3) is 8.17. The molecule has 0 saturated heterocycles. The number of rotatable bonds is 12. The van der Waals surface area contributed by atoms with Gasteiger partial charge in [-0.15, -0.1) is 11.3 Å². The van der Waals surface area contributed by atoms with Gasteiger partial charge in [-0.2, -0.15) is 0 Å². The van der Waals surface area contributed by atoms with Crippen LogP contribution in [-0.4, -0.2) is 24.1 Å². The van der Waals surface area contributed by atoms with Gasteiger partial charge in [0.25, 0.3) is 0 Å². The summed E-state index contributed by atoms with van der Waals surface area (Å²) in [5, 5.41) is 12.9. The number of aryl methyl sites for hydroxylation is 1. The molecular weight excluding hydrogens is 454 g/mol. The summed E-state index contributed by atoms with van der Waals surface area (Å²) >= 11 is 1.69. The lowest BCUT2D eigenvalue weighted by atomic mass is 9.95. The van der Waals surface area contributed by atoms with Crippen LogP contribution >= 0.6 is 11.3 Å². The molecule has 2 N–H and O–H groups in total. The number of hydrogen-bond acceptors (Lipinski definition) is 7. The molecule has 0 fully saturated rings. The van der Waals surface area contributed by atoms with Crippen molar-refractivity contribution >= 4 is 23.2 Å². The molecule has 186 valence electrons. The summed E-state index contributed by atoms with van der Waals surface area (Å²) < 4.78 is 9.86. The Morgan fingerprint density at radius 1 is 1.18 bits per heavy atom. The Hall–Kier alpha value is -2.87. The van der Waals surface area contributed by atoms with Gasteiger partial charge in [0.05, 0.1) is 7.11 Å². The third-order valence-corrected chi connectivity index (χ3v) is 6.76. The topological polar surface area (TPSA) is 106 Å². The fourth-order valence-corrected chi connectivity index (χ4v) is 4.63. The van der Waals surface area contributed by atoms with Crippen LogP contribution in [-0.2, 0) is 17.6 Å². The third-order valence-electron chi connectivity index (χ3n) is 5.59. The van der Waals surface area contributed by atoms with E-state index in [-0.39, 0.29) is 17.2 Å². The molecular formula is C26H35NO6S. The fourth-order valence-electron chi connectivity index (χ4n) is 3.46. The second-order valence-corrected chi connectivity index (χ2v) is 10.2. The number of aromatic hydroxyl groups is 1. The van der Waals surface area contributed by atoms with Crippen molar-refractivity contribution in [1.29, 1.82) is 0 Å². The molecule has 0 bridgehead atoms. The molecule has 2 unspecified atom stereocenters. The summed E-state index contributed by atoms with van der Waals surface area (Å²) in [6, 6.07) is 5.49. The number of ketones is 1. The quantitative estimate of drug-likeness (QED) is 0.365. The molecule has 2 aromatic rings. The predicted octanol–water partition coefficient (Wildman–Crippen LogP) is 5.81. The van der Waals surface area contributed by atoms with Gasteiger partial charge < -0.3 is 14.3 Å². The highest BCUT2D eigenvalue weighted by atomic mass is 32.1. The molecule has 2 atom stereocenters. The number of nitrogens with one attached hydrogen (secondary N) is 1. The van der Waals surface area contributed by atoms with Crippen molar-refractivity contribution in [1.82, 2.24) is 5.32 Å². The van der Waals surface area contributed by atoms with Gasteiger partial charge >= 0.3 is 11.7 Å². The monoisotopic (exact) mass is 489 g/mol. The predicted molar refractivity (Wildman–Crippen MR) is 134 cm³/mol. The van der Waals surface area contributed by atoms with Crippen molar-refractivity contribution in [3.8, 4) is 5.75 Å². The number of ether oxygens (including phenoxy) is 1. The summed E-state index contributed by atoms with van der Waals surface area (Å²) in [5.41, 5.74) is -1.10. The molecule has 0 aromatic carbocycles. The maximum atomic E-state index is 12.9. The van der Waals surface area contributed by atoms with E-state index in [1.54, 1.807) is 24.3 Å². The molecule has 34 heavy (non-hydrogen) atoms. The number of carbonyl (C=O) groups is 2. The van der Waals surface area contributed by atoms with Crippen molar-refractivity contribution in [2.45, 2.75) is 65.7 Å². The summed E-state index contributed by atoms with van der Waals surface area (Å²) in [6.07, 6.45) is 6.55. The molecule has 2 aromatic heterocycles. The Morgan fingerprint density at radius 3 is 2.53 bits per heavy atom. The lowest BCUT2D eigenvalue weighted by molar-refractivity contribution is 0.0922. The van der Waals surface area contributed by atoms with Crippen LogP contribution in [0.25, 0.3) is 0 Å². The summed E-state index contributed by atoms with van der Waals surface area (Å²) in [7, 11) is 1.28. The van der Waals surface area contributed by atoms with Gasteiger partial charge in [-0.25, -0.2) is 9.59 Å². The van der Waals surface area contributed by atoms with Gasteiger partial charge in [-0.3, -0.25) is 10.1 Å². The number of allylic oxidation sites excluding steroid dienone is 1. The lowest BCUT2D eigenvalue weighted by Crippen LogP contribution is -2.22. The van der Waals surface area contributed by atoms with Crippen LogP contribution in [0.4, 0.5) is 4.79 Å². The molecule has 0 aliphatic carbocycles. The van der Waals surface area contributed by atoms with Crippen molar-refractivity contribution in [2.24, 2.45) is 11.8 Å². The maximum Gasteiger partial charge on any atom is 0.410 e. The van der Waals surface area contributed by atoms with Gasteiger partial charge in [0, 0.05) is 33.9 Å². The van der Waals surface area contributed by atoms with Crippen LogP contribution in [0.5, 0.6) is 5.75 Å². The number of methoxy groups -OCH3 is 1. The van der Waals surface area contributed by atoms with E-state index in [4.69, 9.17) is 4.42 Å². The van der Waals surface area contributed by atoms with Gasteiger partial charge in [-0.05, 0) is 50.2 Å². The van der Waals surface area contributed by atoms with E-state index in [9.17, 15) is 19.5 Å². The summed E-state index contributed by atoms with van der Waals surface area (Å²) in [5.74, 6) is -0.437. The maximum absolute atomic E-state index is 12.9. The molecule has 8 heteroatoms. The first kappa shape index (κ1) is 27.4. The van der Waals surface area contributed by atoms with Crippen LogP contribution in [0.2, 0.25) is 0 Å². The van der Waals surface area contributed by atoms with E-state index in [1.807, 2.05) is 13.0 Å². The Balaban J connectivity index is 2.01. The van der Waals surface area contributed by atoms with Gasteiger partial charge in [0.1, 0.15) is 17.1 Å². The van der Waals surface area contributed by atoms with Crippen LogP contribution in [0.1, 0.15) is 78.7 Å². The molecule has 0 aliphatic rings. The first-order valence-electron chi connectivity index (χ1n) is 11.6. The van der Waals surface area contributed by atoms with Crippen LogP contribution in [0, 0.1) is 11.8 Å². The van der Waals surface area contributed by atoms with E-state index < -0.39 is 23.4 Å². The molecule has 2 heterocycles. The highest BCUT2D eigenvalue weighted by Gasteiger charge is 2.25. The SMILES string of the molecule is COC(=O)N/C=C/CCC(C)c1cc(O)c(C(=O)C(C)Cc2ccc(CCC(C)C)s2)c(=O)o1. The summed E-state index contributed by atoms with van der Waals surface area (Å²) in [4.78, 5) is 38.9. The van der Waals surface area contributed by atoms with Crippen LogP contribution < -0.4 is 10.9 Å². The molecule has 0 spiro atoms. The molecule has 0 aliphatic heterocycles. The minimum absolute atomic E-state index is 0.168. The van der Waals surface area contributed by atoms with Gasteiger partial charge in [0.15, 0.2) is 5.78 Å². The molecule has 0 saturated carbocycles. The van der Waals surface area contributed by atoms with Crippen molar-refractivity contribution in [3.63, 3.8) is 0 Å². The zero-order chi connectivity index (χ0) is 25.3. The normalized spacial score (nSPS) is 13.2. The smallest absolute Gasteiger partial charge is 0.410 e. The number of thiophene rings is 1. The number of hydrogen-bond donors (Lipinski definition) is 2. The highest BCUT2D eigenvalue weighted by Crippen LogP contribution is 2.28. The summed E-state index contributed by atoms with van der Waals surface area (Å²) in [6.45, 7) is 8.01. The fraction of sp³-hybridized carbons (Fsp3) is 0.500. The number of Topliss-reactive ketones (excluding diaryl/α,β-unsaturated/α-hetero) is 1. The standard InChI is InChI=1S/C26H35NO6S/c1-16(2)9-10-19-11-12-20(34-19)14-18(4)24(29)23-21(28)15-22(33-25(23)30)17(3)8-6-7-13-27-26(31)32-5/h7,11-13,15-18,28H,6,8-10,14H2,1-5H3,(H,27,31)/b13-7+. The Morgan fingerprint density at radius 2 is 1.88 bits per heavy atom. The average molecular weight is 490 g/mol. The zero-order valence-corrected chi connectivity index (χ0v) is 21.4. The second kappa shape index (κ2) is 13.1. The Kier molecular flexibility index (Phi) is 10.6. The first-order valence-corrected chi connectivity index (χ1v) is 12.4. The van der Waals surface area contributed by atoms with E-state index >= 15 is 0 Å². The minimum Gasteiger partial charge on any atom is -0.507 e. The number of carbonyl (C=O) groups excluding carboxylic acids is 2. The Labute approximate surface area is 204 Å². The molecule has 2 rings (SSSR count). The molecule has 7 nitrogen and oxygen atoms in total. The van der Waals surface area contributed by atoms with E-state index in [0.717, 1.165) is 17.7 Å². The number of alkyl carbamates (subject to hydrolysis) is 1. The molecule has 1 amide bonds. The number of amides is 1. The van der Waals surface area contributed by atoms with E-state index in [1.165, 1.54) is 24.3 Å². The van der Waals surface area contributed by atoms with Crippen molar-refractivity contribution < 1.29 is 23.8 Å². The van der Waals surface area contributed by atoms with E-state index in [2.05, 4.69) is 30.0 Å². The van der Waals surface area contributed by atoms with Crippen LogP contribution in [0.15, 0.2) is 39.7 Å². The highest BCUT2D eigenvalue weighted by molar-refractivity contribution is 7.12. The van der Waals surface area contributed by atoms with Gasteiger partial charge in [-0.1, -0.05) is 33.8 Å². The average Bonchev–Trinajstić information content (AvgIpc) is 3.23.